The summed E-state index contributed by atoms with van der Waals surface area (Å²) in [6, 6.07) is 15.8. The Morgan fingerprint density at radius 2 is 1.70 bits per heavy atom. The average molecular weight is 264 g/mol. The molecule has 0 heterocycles. The summed E-state index contributed by atoms with van der Waals surface area (Å²) in [5.41, 5.74) is 4.48. The fraction of sp³-hybridized carbons (Fsp3) is 0.167. The molecule has 0 saturated carbocycles. The highest BCUT2D eigenvalue weighted by molar-refractivity contribution is 6.04. The standard InChI is InChI=1S/C18H16O2/c1-11-7-9-13(10-8-11)17-14-5-3-4-6-15(14)18(20)16(17)12(2)19/h3-10,17,20H,1-2H3/t17-/m0/s1. The maximum atomic E-state index is 12.0. The van der Waals surface area contributed by atoms with E-state index in [1.54, 1.807) is 0 Å². The molecular weight excluding hydrogens is 248 g/mol. The SMILES string of the molecule is CC(=O)C1=C(O)c2ccccc2[C@@H]1c1ccc(C)cc1. The topological polar surface area (TPSA) is 37.3 Å². The number of carbonyl (C=O) groups excluding carboxylic acids is 1. The fourth-order valence-electron chi connectivity index (χ4n) is 2.88. The molecule has 0 fully saturated rings. The Kier molecular flexibility index (Phi) is 2.94. The summed E-state index contributed by atoms with van der Waals surface area (Å²) in [5.74, 6) is -0.118. The lowest BCUT2D eigenvalue weighted by Gasteiger charge is -2.15. The van der Waals surface area contributed by atoms with Crippen LogP contribution in [0.2, 0.25) is 0 Å². The Morgan fingerprint density at radius 1 is 1.05 bits per heavy atom. The van der Waals surface area contributed by atoms with Gasteiger partial charge in [0.25, 0.3) is 0 Å². The van der Waals surface area contributed by atoms with Gasteiger partial charge in [0.2, 0.25) is 0 Å². The molecule has 0 aromatic heterocycles. The number of ketones is 1. The van der Waals surface area contributed by atoms with Gasteiger partial charge in [-0.2, -0.15) is 0 Å². The Balaban J connectivity index is 2.22. The van der Waals surface area contributed by atoms with E-state index in [1.807, 2.05) is 55.5 Å². The second kappa shape index (κ2) is 4.64. The Morgan fingerprint density at radius 3 is 2.35 bits per heavy atom. The van der Waals surface area contributed by atoms with Gasteiger partial charge < -0.3 is 5.11 Å². The molecule has 0 spiro atoms. The minimum Gasteiger partial charge on any atom is -0.507 e. The smallest absolute Gasteiger partial charge is 0.160 e. The van der Waals surface area contributed by atoms with Crippen LogP contribution in [-0.4, -0.2) is 10.9 Å². The van der Waals surface area contributed by atoms with Crippen molar-refractivity contribution in [3.63, 3.8) is 0 Å². The van der Waals surface area contributed by atoms with E-state index in [2.05, 4.69) is 0 Å². The predicted molar refractivity (Wildman–Crippen MR) is 79.7 cm³/mol. The van der Waals surface area contributed by atoms with E-state index < -0.39 is 0 Å². The summed E-state index contributed by atoms with van der Waals surface area (Å²) >= 11 is 0. The first kappa shape index (κ1) is 12.7. The Bertz CT molecular complexity index is 708. The molecule has 2 nitrogen and oxygen atoms in total. The van der Waals surface area contributed by atoms with Gasteiger partial charge in [0, 0.05) is 17.1 Å². The van der Waals surface area contributed by atoms with Crippen LogP contribution in [0, 0.1) is 6.92 Å². The van der Waals surface area contributed by atoms with Crippen molar-refractivity contribution in [1.29, 1.82) is 0 Å². The van der Waals surface area contributed by atoms with Crippen LogP contribution >= 0.6 is 0 Å². The summed E-state index contributed by atoms with van der Waals surface area (Å²) < 4.78 is 0. The Hall–Kier alpha value is -2.35. The highest BCUT2D eigenvalue weighted by Crippen LogP contribution is 2.44. The summed E-state index contributed by atoms with van der Waals surface area (Å²) in [7, 11) is 0. The number of aliphatic hydroxyl groups is 1. The lowest BCUT2D eigenvalue weighted by atomic mass is 9.86. The summed E-state index contributed by atoms with van der Waals surface area (Å²) in [6.45, 7) is 3.55. The number of allylic oxidation sites excluding steroid dienone is 1. The fourth-order valence-corrected chi connectivity index (χ4v) is 2.88. The van der Waals surface area contributed by atoms with E-state index in [4.69, 9.17) is 0 Å². The molecule has 1 aliphatic rings. The van der Waals surface area contributed by atoms with Crippen LogP contribution in [0.15, 0.2) is 54.1 Å². The largest absolute Gasteiger partial charge is 0.507 e. The van der Waals surface area contributed by atoms with E-state index in [-0.39, 0.29) is 17.5 Å². The van der Waals surface area contributed by atoms with Crippen molar-refractivity contribution < 1.29 is 9.90 Å². The molecule has 0 bridgehead atoms. The molecular formula is C18H16O2. The monoisotopic (exact) mass is 264 g/mol. The normalized spacial score (nSPS) is 17.2. The van der Waals surface area contributed by atoms with Crippen LogP contribution in [0.25, 0.3) is 5.76 Å². The number of carbonyl (C=O) groups is 1. The third kappa shape index (κ3) is 1.85. The number of Topliss-reactive ketones (excluding diaryl/α,β-unsaturated/α-hetero) is 1. The molecule has 0 amide bonds. The quantitative estimate of drug-likeness (QED) is 0.890. The third-order valence-corrected chi connectivity index (χ3v) is 3.86. The van der Waals surface area contributed by atoms with Gasteiger partial charge in [-0.25, -0.2) is 0 Å². The van der Waals surface area contributed by atoms with Crippen molar-refractivity contribution >= 4 is 11.5 Å². The van der Waals surface area contributed by atoms with Gasteiger partial charge in [-0.1, -0.05) is 54.1 Å². The molecule has 2 aromatic carbocycles. The van der Waals surface area contributed by atoms with Gasteiger partial charge in [0.05, 0.1) is 0 Å². The highest BCUT2D eigenvalue weighted by Gasteiger charge is 2.34. The van der Waals surface area contributed by atoms with E-state index in [9.17, 15) is 9.90 Å². The molecule has 1 N–H and O–H groups in total. The third-order valence-electron chi connectivity index (χ3n) is 3.86. The molecule has 0 radical (unpaired) electrons. The molecule has 1 atom stereocenters. The van der Waals surface area contributed by atoms with Crippen LogP contribution < -0.4 is 0 Å². The van der Waals surface area contributed by atoms with Crippen molar-refractivity contribution in [2.75, 3.05) is 0 Å². The van der Waals surface area contributed by atoms with Crippen LogP contribution in [0.4, 0.5) is 0 Å². The number of fused-ring (bicyclic) bond motifs is 1. The lowest BCUT2D eigenvalue weighted by Crippen LogP contribution is -2.08. The van der Waals surface area contributed by atoms with Crippen LogP contribution in [0.5, 0.6) is 0 Å². The molecule has 0 aliphatic heterocycles. The Labute approximate surface area is 118 Å². The maximum Gasteiger partial charge on any atom is 0.160 e. The highest BCUT2D eigenvalue weighted by atomic mass is 16.3. The second-order valence-electron chi connectivity index (χ2n) is 5.25. The summed E-state index contributed by atoms with van der Waals surface area (Å²) in [6.07, 6.45) is 0. The van der Waals surface area contributed by atoms with Gasteiger partial charge in [0.1, 0.15) is 5.76 Å². The van der Waals surface area contributed by atoms with Gasteiger partial charge in [-0.15, -0.1) is 0 Å². The van der Waals surface area contributed by atoms with E-state index >= 15 is 0 Å². The first-order chi connectivity index (χ1) is 9.59. The van der Waals surface area contributed by atoms with Gasteiger partial charge in [0.15, 0.2) is 5.78 Å². The molecule has 0 unspecified atom stereocenters. The van der Waals surface area contributed by atoms with Crippen LogP contribution in [0.3, 0.4) is 0 Å². The second-order valence-corrected chi connectivity index (χ2v) is 5.25. The molecule has 3 rings (SSSR count). The number of benzene rings is 2. The molecule has 2 aromatic rings. The number of aryl methyl sites for hydroxylation is 1. The van der Waals surface area contributed by atoms with Crippen molar-refractivity contribution in [3.8, 4) is 0 Å². The van der Waals surface area contributed by atoms with Gasteiger partial charge >= 0.3 is 0 Å². The molecule has 2 heteroatoms. The minimum atomic E-state index is -0.163. The summed E-state index contributed by atoms with van der Waals surface area (Å²) in [5, 5.41) is 10.4. The molecule has 100 valence electrons. The number of hydrogen-bond acceptors (Lipinski definition) is 2. The van der Waals surface area contributed by atoms with Crippen molar-refractivity contribution in [2.45, 2.75) is 19.8 Å². The summed E-state index contributed by atoms with van der Waals surface area (Å²) in [4.78, 5) is 12.0. The van der Waals surface area contributed by atoms with Crippen molar-refractivity contribution in [1.82, 2.24) is 0 Å². The maximum absolute atomic E-state index is 12.0. The van der Waals surface area contributed by atoms with Crippen LogP contribution in [-0.2, 0) is 4.79 Å². The van der Waals surface area contributed by atoms with E-state index in [0.717, 1.165) is 16.7 Å². The molecule has 20 heavy (non-hydrogen) atoms. The first-order valence-electron chi connectivity index (χ1n) is 6.69. The van der Waals surface area contributed by atoms with E-state index in [0.29, 0.717) is 5.57 Å². The van der Waals surface area contributed by atoms with E-state index in [1.165, 1.54) is 12.5 Å². The number of rotatable bonds is 2. The zero-order chi connectivity index (χ0) is 14.3. The van der Waals surface area contributed by atoms with Crippen molar-refractivity contribution in [3.05, 3.63) is 76.4 Å². The average Bonchev–Trinajstić information content (AvgIpc) is 2.74. The van der Waals surface area contributed by atoms with Gasteiger partial charge in [-0.05, 0) is 25.0 Å². The number of hydrogen-bond donors (Lipinski definition) is 1. The first-order valence-corrected chi connectivity index (χ1v) is 6.69. The van der Waals surface area contributed by atoms with Gasteiger partial charge in [-0.3, -0.25) is 4.79 Å². The predicted octanol–water partition coefficient (Wildman–Crippen LogP) is 4.00. The zero-order valence-electron chi connectivity index (χ0n) is 11.6. The minimum absolute atomic E-state index is 0.0794. The lowest BCUT2D eigenvalue weighted by molar-refractivity contribution is -0.113. The van der Waals surface area contributed by atoms with Crippen molar-refractivity contribution in [2.24, 2.45) is 0 Å². The number of aliphatic hydroxyl groups excluding tert-OH is 1. The molecule has 1 aliphatic carbocycles. The zero-order valence-corrected chi connectivity index (χ0v) is 11.6. The van der Waals surface area contributed by atoms with Crippen LogP contribution in [0.1, 0.15) is 35.1 Å². The molecule has 0 saturated heterocycles.